The highest BCUT2D eigenvalue weighted by molar-refractivity contribution is 8.18. The van der Waals surface area contributed by atoms with Gasteiger partial charge in [-0.05, 0) is 73.1 Å². The molecule has 2 aromatic carbocycles. The molecule has 2 aromatic rings. The van der Waals surface area contributed by atoms with Gasteiger partial charge >= 0.3 is 0 Å². The van der Waals surface area contributed by atoms with Gasteiger partial charge < -0.3 is 9.47 Å². The van der Waals surface area contributed by atoms with Crippen molar-refractivity contribution in [3.05, 3.63) is 59.0 Å². The van der Waals surface area contributed by atoms with Crippen LogP contribution in [0.25, 0.3) is 6.08 Å². The molecule has 1 amide bonds. The molecule has 0 N–H and O–H groups in total. The molecule has 0 atom stereocenters. The second kappa shape index (κ2) is 10.6. The number of amidine groups is 1. The second-order valence-corrected chi connectivity index (χ2v) is 7.46. The quantitative estimate of drug-likeness (QED) is 0.440. The first-order valence-electron chi connectivity index (χ1n) is 9.84. The third kappa shape index (κ3) is 5.46. The van der Waals surface area contributed by atoms with Crippen LogP contribution in [0, 0.1) is 12.3 Å². The minimum atomic E-state index is -0.0285. The van der Waals surface area contributed by atoms with Crippen LogP contribution >= 0.6 is 11.8 Å². The normalized spacial score (nSPS) is 16.2. The van der Waals surface area contributed by atoms with Crippen molar-refractivity contribution in [2.75, 3.05) is 19.8 Å². The fourth-order valence-corrected chi connectivity index (χ4v) is 3.87. The number of thioether (sulfide) groups is 1. The van der Waals surface area contributed by atoms with E-state index in [1.54, 1.807) is 4.90 Å². The molecule has 1 aliphatic heterocycles. The molecule has 3 rings (SSSR count). The number of hydrogen-bond donors (Lipinski definition) is 0. The third-order valence-electron chi connectivity index (χ3n) is 4.21. The van der Waals surface area contributed by atoms with Crippen molar-refractivity contribution < 1.29 is 14.3 Å². The zero-order valence-corrected chi connectivity index (χ0v) is 17.9. The minimum Gasteiger partial charge on any atom is -0.494 e. The molecule has 30 heavy (non-hydrogen) atoms. The Hall–Kier alpha value is -3.17. The van der Waals surface area contributed by atoms with E-state index in [9.17, 15) is 4.79 Å². The molecular formula is C24H24N2O3S. The van der Waals surface area contributed by atoms with Crippen molar-refractivity contribution in [1.82, 2.24) is 4.90 Å². The zero-order chi connectivity index (χ0) is 21.3. The molecule has 1 aliphatic rings. The number of hydrogen-bond acceptors (Lipinski definition) is 5. The van der Waals surface area contributed by atoms with Crippen LogP contribution in [0.2, 0.25) is 0 Å². The Labute approximate surface area is 181 Å². The van der Waals surface area contributed by atoms with Crippen LogP contribution < -0.4 is 9.47 Å². The molecule has 1 saturated heterocycles. The molecule has 0 radical (unpaired) electrons. The van der Waals surface area contributed by atoms with Gasteiger partial charge in [0.1, 0.15) is 18.1 Å². The summed E-state index contributed by atoms with van der Waals surface area (Å²) < 4.78 is 10.9. The largest absolute Gasteiger partial charge is 0.494 e. The number of carbonyl (C=O) groups excluding carboxylic acids is 1. The summed E-state index contributed by atoms with van der Waals surface area (Å²) in [7, 11) is 0. The van der Waals surface area contributed by atoms with Gasteiger partial charge in [-0.25, -0.2) is 4.99 Å². The number of amides is 1. The average Bonchev–Trinajstić information content (AvgIpc) is 3.04. The molecule has 0 bridgehead atoms. The number of benzene rings is 2. The maximum absolute atomic E-state index is 12.9. The predicted molar refractivity (Wildman–Crippen MR) is 123 cm³/mol. The molecule has 5 nitrogen and oxygen atoms in total. The SMILES string of the molecule is C#CCOc1ccc(C=C2SC(=Nc3ccc(OCC)cc3)N(CCC)C2=O)cc1. The van der Waals surface area contributed by atoms with Gasteiger partial charge in [-0.2, -0.15) is 0 Å². The fourth-order valence-electron chi connectivity index (χ4n) is 2.84. The second-order valence-electron chi connectivity index (χ2n) is 6.45. The Balaban J connectivity index is 1.81. The maximum atomic E-state index is 12.9. The van der Waals surface area contributed by atoms with Gasteiger partial charge in [-0.3, -0.25) is 9.69 Å². The molecule has 6 heteroatoms. The summed E-state index contributed by atoms with van der Waals surface area (Å²) in [4.78, 5) is 20.0. The lowest BCUT2D eigenvalue weighted by Gasteiger charge is -2.14. The summed E-state index contributed by atoms with van der Waals surface area (Å²) in [5, 5.41) is 0.686. The minimum absolute atomic E-state index is 0.0285. The van der Waals surface area contributed by atoms with E-state index in [0.717, 1.165) is 23.4 Å². The van der Waals surface area contributed by atoms with Crippen molar-refractivity contribution >= 4 is 34.6 Å². The molecule has 1 heterocycles. The van der Waals surface area contributed by atoms with Crippen molar-refractivity contribution in [3.8, 4) is 23.8 Å². The number of rotatable bonds is 8. The molecule has 154 valence electrons. The number of terminal acetylenes is 1. The van der Waals surface area contributed by atoms with Crippen LogP contribution in [-0.4, -0.2) is 35.7 Å². The van der Waals surface area contributed by atoms with E-state index in [1.165, 1.54) is 11.8 Å². The number of ether oxygens (including phenoxy) is 2. The number of carbonyl (C=O) groups is 1. The first kappa shape index (κ1) is 21.5. The van der Waals surface area contributed by atoms with Gasteiger partial charge in [-0.1, -0.05) is 25.0 Å². The Morgan fingerprint density at radius 1 is 1.07 bits per heavy atom. The fraction of sp³-hybridized carbons (Fsp3) is 0.250. The molecule has 1 fully saturated rings. The van der Waals surface area contributed by atoms with Gasteiger partial charge in [0, 0.05) is 6.54 Å². The molecule has 0 saturated carbocycles. The van der Waals surface area contributed by atoms with Crippen LogP contribution in [-0.2, 0) is 4.79 Å². The van der Waals surface area contributed by atoms with Crippen molar-refractivity contribution in [1.29, 1.82) is 0 Å². The van der Waals surface area contributed by atoms with Gasteiger partial charge in [0.15, 0.2) is 5.17 Å². The van der Waals surface area contributed by atoms with E-state index in [4.69, 9.17) is 20.9 Å². The molecule has 0 aliphatic carbocycles. The van der Waals surface area contributed by atoms with Gasteiger partial charge in [0.05, 0.1) is 17.2 Å². The van der Waals surface area contributed by atoms with Crippen LogP contribution in [0.15, 0.2) is 58.4 Å². The Morgan fingerprint density at radius 2 is 1.73 bits per heavy atom. The summed E-state index contributed by atoms with van der Waals surface area (Å²) >= 11 is 1.39. The average molecular weight is 421 g/mol. The summed E-state index contributed by atoms with van der Waals surface area (Å²) in [5.74, 6) is 3.91. The lowest BCUT2D eigenvalue weighted by atomic mass is 10.2. The summed E-state index contributed by atoms with van der Waals surface area (Å²) in [6, 6.07) is 15.0. The Bertz CT molecular complexity index is 973. The first-order chi connectivity index (χ1) is 14.6. The van der Waals surface area contributed by atoms with Gasteiger partial charge in [0.2, 0.25) is 0 Å². The smallest absolute Gasteiger partial charge is 0.266 e. The van der Waals surface area contributed by atoms with E-state index in [1.807, 2.05) is 68.5 Å². The summed E-state index contributed by atoms with van der Waals surface area (Å²) in [6.07, 6.45) is 7.94. The Kier molecular flexibility index (Phi) is 7.58. The van der Waals surface area contributed by atoms with E-state index < -0.39 is 0 Å². The third-order valence-corrected chi connectivity index (χ3v) is 5.21. The predicted octanol–water partition coefficient (Wildman–Crippen LogP) is 5.11. The monoisotopic (exact) mass is 420 g/mol. The summed E-state index contributed by atoms with van der Waals surface area (Å²) in [6.45, 7) is 5.46. The Morgan fingerprint density at radius 3 is 2.37 bits per heavy atom. The first-order valence-corrected chi connectivity index (χ1v) is 10.7. The molecule has 0 aromatic heterocycles. The highest BCUT2D eigenvalue weighted by Gasteiger charge is 2.32. The van der Waals surface area contributed by atoms with Crippen LogP contribution in [0.4, 0.5) is 5.69 Å². The highest BCUT2D eigenvalue weighted by Crippen LogP contribution is 2.34. The van der Waals surface area contributed by atoms with Crippen molar-refractivity contribution in [2.24, 2.45) is 4.99 Å². The van der Waals surface area contributed by atoms with E-state index in [-0.39, 0.29) is 12.5 Å². The number of nitrogens with zero attached hydrogens (tertiary/aromatic N) is 2. The summed E-state index contributed by atoms with van der Waals surface area (Å²) in [5.41, 5.74) is 1.70. The van der Waals surface area contributed by atoms with Crippen LogP contribution in [0.5, 0.6) is 11.5 Å². The molecule has 0 spiro atoms. The molecular weight excluding hydrogens is 396 g/mol. The number of aliphatic imine (C=N–C) groups is 1. The van der Waals surface area contributed by atoms with Crippen LogP contribution in [0.3, 0.4) is 0 Å². The van der Waals surface area contributed by atoms with Gasteiger partial charge in [-0.15, -0.1) is 6.42 Å². The van der Waals surface area contributed by atoms with Crippen molar-refractivity contribution in [3.63, 3.8) is 0 Å². The maximum Gasteiger partial charge on any atom is 0.266 e. The zero-order valence-electron chi connectivity index (χ0n) is 17.1. The molecule has 0 unspecified atom stereocenters. The van der Waals surface area contributed by atoms with Crippen molar-refractivity contribution in [2.45, 2.75) is 20.3 Å². The van der Waals surface area contributed by atoms with E-state index >= 15 is 0 Å². The van der Waals surface area contributed by atoms with E-state index in [2.05, 4.69) is 5.92 Å². The topological polar surface area (TPSA) is 51.1 Å². The highest BCUT2D eigenvalue weighted by atomic mass is 32.2. The standard InChI is InChI=1S/C24H24N2O3S/c1-4-15-26-23(27)22(17-18-7-11-21(12-8-18)29-16-5-2)30-24(26)25-19-9-13-20(14-10-19)28-6-3/h2,7-14,17H,4,6,15-16H2,1,3H3. The van der Waals surface area contributed by atoms with E-state index in [0.29, 0.717) is 29.0 Å². The lowest BCUT2D eigenvalue weighted by Crippen LogP contribution is -2.29. The van der Waals surface area contributed by atoms with Crippen LogP contribution in [0.1, 0.15) is 25.8 Å². The van der Waals surface area contributed by atoms with Gasteiger partial charge in [0.25, 0.3) is 5.91 Å². The lowest BCUT2D eigenvalue weighted by molar-refractivity contribution is -0.122.